The molecule has 0 heterocycles. The van der Waals surface area contributed by atoms with Crippen molar-refractivity contribution in [3.63, 3.8) is 0 Å². The van der Waals surface area contributed by atoms with E-state index in [1.54, 1.807) is 0 Å². The number of hydrogen-bond donors (Lipinski definition) is 8. The second kappa shape index (κ2) is 12.3. The van der Waals surface area contributed by atoms with Gasteiger partial charge >= 0.3 is 5.97 Å². The van der Waals surface area contributed by atoms with E-state index in [1.807, 2.05) is 0 Å². The number of thiol groups is 1. The molecule has 0 saturated carbocycles. The number of nitrogens with two attached hydrogens (primary N) is 1. The zero-order chi connectivity index (χ0) is 17.9. The second-order valence-electron chi connectivity index (χ2n) is 4.22. The number of hydrogen-bond acceptors (Lipinski definition) is 9. The third kappa shape index (κ3) is 9.65. The van der Waals surface area contributed by atoms with Crippen molar-refractivity contribution >= 4 is 30.8 Å². The van der Waals surface area contributed by atoms with Gasteiger partial charge in [0.15, 0.2) is 0 Å². The summed E-state index contributed by atoms with van der Waals surface area (Å²) in [5.41, 5.74) is 4.94. The summed E-state index contributed by atoms with van der Waals surface area (Å²) in [6.07, 6.45) is -4.72. The molecule has 0 aliphatic heterocycles. The van der Waals surface area contributed by atoms with E-state index >= 15 is 0 Å². The Morgan fingerprint density at radius 1 is 1.27 bits per heavy atom. The lowest BCUT2D eigenvalue weighted by Crippen LogP contribution is -2.53. The summed E-state index contributed by atoms with van der Waals surface area (Å²) in [7, 11) is 0. The molecule has 11 heteroatoms. The van der Waals surface area contributed by atoms with Crippen LogP contribution in [-0.4, -0.2) is 86.5 Å². The highest BCUT2D eigenvalue weighted by Gasteiger charge is 2.31. The summed E-state index contributed by atoms with van der Waals surface area (Å²) >= 11 is 3.65. The molecule has 1 amide bonds. The number of carbonyl (C=O) groups is 3. The summed E-state index contributed by atoms with van der Waals surface area (Å²) in [4.78, 5) is 30.8. The van der Waals surface area contributed by atoms with Gasteiger partial charge in [-0.3, -0.25) is 9.59 Å². The Morgan fingerprint density at radius 2 is 1.77 bits per heavy atom. The van der Waals surface area contributed by atoms with Gasteiger partial charge in [-0.1, -0.05) is 0 Å². The van der Waals surface area contributed by atoms with Gasteiger partial charge in [-0.15, -0.1) is 0 Å². The maximum Gasteiger partial charge on any atom is 0.321 e. The van der Waals surface area contributed by atoms with Gasteiger partial charge in [-0.05, 0) is 0 Å². The zero-order valence-corrected chi connectivity index (χ0v) is 12.8. The van der Waals surface area contributed by atoms with Crippen LogP contribution >= 0.6 is 12.6 Å². The molecule has 0 rings (SSSR count). The van der Waals surface area contributed by atoms with Crippen molar-refractivity contribution in [2.45, 2.75) is 37.3 Å². The van der Waals surface area contributed by atoms with E-state index < -0.39 is 48.9 Å². The highest BCUT2D eigenvalue weighted by molar-refractivity contribution is 7.80. The van der Waals surface area contributed by atoms with Gasteiger partial charge in [-0.2, -0.15) is 12.6 Å². The maximum atomic E-state index is 10.6. The Balaban J connectivity index is 0. The summed E-state index contributed by atoms with van der Waals surface area (Å²) in [5.74, 6) is -1.37. The van der Waals surface area contributed by atoms with Gasteiger partial charge in [0.2, 0.25) is 5.91 Å². The van der Waals surface area contributed by atoms with E-state index in [2.05, 4.69) is 17.9 Å². The van der Waals surface area contributed by atoms with Crippen molar-refractivity contribution in [3.05, 3.63) is 0 Å². The normalized spacial score (nSPS) is 17.0. The van der Waals surface area contributed by atoms with Crippen LogP contribution in [0.3, 0.4) is 0 Å². The van der Waals surface area contributed by atoms with E-state index in [1.165, 1.54) is 0 Å². The molecule has 0 aromatic rings. The number of aliphatic hydroxyl groups is 4. The number of aldehydes is 1. The van der Waals surface area contributed by atoms with Crippen LogP contribution in [0, 0.1) is 0 Å². The zero-order valence-electron chi connectivity index (χ0n) is 11.9. The standard InChI is InChI=1S/C8H15NO6.C3H7NO2S/c1-4(12)9-5(2-10)7(14)8(15)6(13)3-11;4-2(1-7)3(5)6/h2,5-8,11,13-15H,3H2,1H3,(H,9,12);2,7H,1,4H2,(H,5,6)/t5-,6+,7+,8+;2-/m00/s1. The van der Waals surface area contributed by atoms with E-state index in [4.69, 9.17) is 21.1 Å². The lowest BCUT2D eigenvalue weighted by molar-refractivity contribution is -0.137. The molecular weight excluding hydrogens is 320 g/mol. The van der Waals surface area contributed by atoms with E-state index in [0.717, 1.165) is 6.92 Å². The molecule has 8 N–H and O–H groups in total. The van der Waals surface area contributed by atoms with Crippen molar-refractivity contribution < 1.29 is 39.9 Å². The first-order valence-electron chi connectivity index (χ1n) is 6.09. The maximum absolute atomic E-state index is 10.6. The topological polar surface area (TPSA) is 190 Å². The van der Waals surface area contributed by atoms with Gasteiger partial charge in [0.1, 0.15) is 36.7 Å². The molecule has 10 nitrogen and oxygen atoms in total. The Labute approximate surface area is 132 Å². The number of rotatable bonds is 8. The number of nitrogens with one attached hydrogen (secondary N) is 1. The molecule has 0 saturated heterocycles. The largest absolute Gasteiger partial charge is 0.480 e. The minimum absolute atomic E-state index is 0.190. The van der Waals surface area contributed by atoms with E-state index in [9.17, 15) is 24.6 Å². The van der Waals surface area contributed by atoms with Gasteiger partial charge in [0.25, 0.3) is 0 Å². The Hall–Kier alpha value is -1.24. The minimum atomic E-state index is -1.71. The molecule has 0 bridgehead atoms. The molecule has 0 aliphatic rings. The van der Waals surface area contributed by atoms with Gasteiger partial charge in [-0.25, -0.2) is 0 Å². The molecule has 0 fully saturated rings. The van der Waals surface area contributed by atoms with Crippen LogP contribution < -0.4 is 11.1 Å². The number of aliphatic hydroxyl groups excluding tert-OH is 4. The first-order chi connectivity index (χ1) is 10.1. The fraction of sp³-hybridized carbons (Fsp3) is 0.727. The number of carboxylic acids is 1. The molecule has 0 unspecified atom stereocenters. The van der Waals surface area contributed by atoms with Crippen LogP contribution in [0.4, 0.5) is 0 Å². The van der Waals surface area contributed by atoms with Crippen LogP contribution in [0.1, 0.15) is 6.92 Å². The lowest BCUT2D eigenvalue weighted by atomic mass is 10.0. The van der Waals surface area contributed by atoms with Crippen molar-refractivity contribution in [2.24, 2.45) is 5.73 Å². The minimum Gasteiger partial charge on any atom is -0.480 e. The number of aliphatic carboxylic acids is 1. The third-order valence-corrected chi connectivity index (χ3v) is 2.72. The molecule has 0 radical (unpaired) electrons. The summed E-state index contributed by atoms with van der Waals surface area (Å²) in [5, 5.41) is 46.2. The SMILES string of the molecule is CC(=O)N[C@@H](C=O)[C@@H](O)[C@H](O)[C@H](O)CO.N[C@@H](CS)C(=O)O. The third-order valence-electron chi connectivity index (χ3n) is 2.33. The van der Waals surface area contributed by atoms with Crippen LogP contribution in [0.25, 0.3) is 0 Å². The van der Waals surface area contributed by atoms with Crippen LogP contribution in [0.5, 0.6) is 0 Å². The average Bonchev–Trinajstić information content (AvgIpc) is 2.49. The molecule has 0 spiro atoms. The fourth-order valence-electron chi connectivity index (χ4n) is 1.06. The molecular formula is C11H22N2O8S. The van der Waals surface area contributed by atoms with Gasteiger partial charge in [0, 0.05) is 12.7 Å². The molecule has 0 aliphatic carbocycles. The highest BCUT2D eigenvalue weighted by Crippen LogP contribution is 2.03. The summed E-state index contributed by atoms with van der Waals surface area (Å²) in [6, 6.07) is -2.14. The lowest BCUT2D eigenvalue weighted by Gasteiger charge is -2.25. The smallest absolute Gasteiger partial charge is 0.321 e. The number of carbonyl (C=O) groups excluding carboxylic acids is 2. The van der Waals surface area contributed by atoms with Crippen molar-refractivity contribution in [1.29, 1.82) is 0 Å². The average molecular weight is 342 g/mol. The molecule has 0 aromatic heterocycles. The van der Waals surface area contributed by atoms with Crippen molar-refractivity contribution in [1.82, 2.24) is 5.32 Å². The fourth-order valence-corrected chi connectivity index (χ4v) is 1.22. The first-order valence-corrected chi connectivity index (χ1v) is 6.72. The Bertz CT molecular complexity index is 357. The second-order valence-corrected chi connectivity index (χ2v) is 4.59. The number of carboxylic acid groups (broad SMARTS) is 1. The van der Waals surface area contributed by atoms with Gasteiger partial charge in [0.05, 0.1) is 6.61 Å². The quantitative estimate of drug-likeness (QED) is 0.161. The molecule has 0 aromatic carbocycles. The molecule has 130 valence electrons. The Kier molecular flexibility index (Phi) is 12.9. The predicted octanol–water partition coefficient (Wildman–Crippen LogP) is -3.91. The van der Waals surface area contributed by atoms with Crippen molar-refractivity contribution in [2.75, 3.05) is 12.4 Å². The summed E-state index contributed by atoms with van der Waals surface area (Å²) in [6.45, 7) is 0.377. The monoisotopic (exact) mass is 342 g/mol. The van der Waals surface area contributed by atoms with Crippen LogP contribution in [-0.2, 0) is 14.4 Å². The van der Waals surface area contributed by atoms with Crippen LogP contribution in [0.2, 0.25) is 0 Å². The highest BCUT2D eigenvalue weighted by atomic mass is 32.1. The van der Waals surface area contributed by atoms with Gasteiger partial charge < -0.3 is 41.4 Å². The molecule has 22 heavy (non-hydrogen) atoms. The van der Waals surface area contributed by atoms with Crippen LogP contribution in [0.15, 0.2) is 0 Å². The Morgan fingerprint density at radius 3 is 2.00 bits per heavy atom. The molecule has 5 atom stereocenters. The van der Waals surface area contributed by atoms with Crippen molar-refractivity contribution in [3.8, 4) is 0 Å². The van der Waals surface area contributed by atoms with E-state index in [-0.39, 0.29) is 12.0 Å². The first kappa shape index (κ1) is 23.0. The number of amides is 1. The summed E-state index contributed by atoms with van der Waals surface area (Å²) < 4.78 is 0. The predicted molar refractivity (Wildman–Crippen MR) is 78.2 cm³/mol. The van der Waals surface area contributed by atoms with E-state index in [0.29, 0.717) is 0 Å².